The van der Waals surface area contributed by atoms with Gasteiger partial charge in [0.25, 0.3) is 0 Å². The fourth-order valence-electron chi connectivity index (χ4n) is 12.2. The Hall–Kier alpha value is -6.49. The van der Waals surface area contributed by atoms with Crippen molar-refractivity contribution in [2.24, 2.45) is 5.92 Å². The lowest BCUT2D eigenvalue weighted by molar-refractivity contribution is -0.146. The Morgan fingerprint density at radius 2 is 0.500 bits per heavy atom. The second kappa shape index (κ2) is 35.1. The first-order chi connectivity index (χ1) is 45.3. The number of phenolic OH excluding ortho intramolecular Hbond substituents is 5. The minimum atomic E-state index is -0.261. The van der Waals surface area contributed by atoms with Crippen LogP contribution in [-0.2, 0) is 103 Å². The molecule has 0 saturated heterocycles. The summed E-state index contributed by atoms with van der Waals surface area (Å²) in [6.07, 6.45) is 9.15. The average molecular weight is 1380 g/mol. The number of esters is 3. The molecule has 0 saturated carbocycles. The number of carbonyl (C=O) groups is 3. The van der Waals surface area contributed by atoms with Crippen LogP contribution in [0.4, 0.5) is 0 Å². The number of hydrogen-bond donors (Lipinski definition) is 5. The maximum atomic E-state index is 12.4. The van der Waals surface area contributed by atoms with E-state index >= 15 is 0 Å². The van der Waals surface area contributed by atoms with Gasteiger partial charge in [-0.3, -0.25) is 14.4 Å². The van der Waals surface area contributed by atoms with Crippen LogP contribution in [0, 0.1) is 12.8 Å². The number of phenols is 5. The first-order valence-electron chi connectivity index (χ1n) is 37.1. The van der Waals surface area contributed by atoms with E-state index in [4.69, 9.17) is 14.2 Å². The molecule has 5 N–H and O–H groups in total. The van der Waals surface area contributed by atoms with Crippen molar-refractivity contribution >= 4 is 17.9 Å². The zero-order valence-corrected chi connectivity index (χ0v) is 68.4. The first kappa shape index (κ1) is 87.7. The Morgan fingerprint density at radius 3 is 0.720 bits per heavy atom. The van der Waals surface area contributed by atoms with Gasteiger partial charge in [0.2, 0.25) is 0 Å². The highest BCUT2D eigenvalue weighted by Crippen LogP contribution is 2.45. The zero-order valence-electron chi connectivity index (χ0n) is 68.4. The number of ether oxygens (including phenoxy) is 3. The highest BCUT2D eigenvalue weighted by molar-refractivity contribution is 5.71. The van der Waals surface area contributed by atoms with Gasteiger partial charge in [-0.2, -0.15) is 0 Å². The van der Waals surface area contributed by atoms with Gasteiger partial charge in [-0.1, -0.05) is 281 Å². The fraction of sp³-hybridized carbons (Fsp3) is 0.629. The highest BCUT2D eigenvalue weighted by atomic mass is 16.5. The van der Waals surface area contributed by atoms with E-state index in [1.807, 2.05) is 43.3 Å². The molecule has 5 aromatic rings. The summed E-state index contributed by atoms with van der Waals surface area (Å²) in [6.45, 7) is 64.4. The lowest BCUT2D eigenvalue weighted by atomic mass is 9.76. The molecule has 0 atom stereocenters. The van der Waals surface area contributed by atoms with Crippen molar-refractivity contribution in [1.29, 1.82) is 0 Å². The van der Waals surface area contributed by atoms with Gasteiger partial charge < -0.3 is 39.7 Å². The minimum absolute atomic E-state index is 0.133. The molecule has 0 amide bonds. The zero-order chi connectivity index (χ0) is 76.9. The number of rotatable bonds is 22. The maximum absolute atomic E-state index is 12.4. The molecule has 0 unspecified atom stereocenters. The largest absolute Gasteiger partial charge is 0.507 e. The summed E-state index contributed by atoms with van der Waals surface area (Å²) >= 11 is 0. The van der Waals surface area contributed by atoms with E-state index in [-0.39, 0.29) is 92.7 Å². The third-order valence-corrected chi connectivity index (χ3v) is 18.3. The number of aryl methyl sites for hydroxylation is 4. The smallest absolute Gasteiger partial charge is 0.306 e. The van der Waals surface area contributed by atoms with Crippen LogP contribution >= 0.6 is 0 Å². The van der Waals surface area contributed by atoms with Gasteiger partial charge in [-0.05, 0) is 190 Å². The topological polar surface area (TPSA) is 180 Å². The fourth-order valence-corrected chi connectivity index (χ4v) is 12.2. The normalized spacial score (nSPS) is 12.8. The minimum Gasteiger partial charge on any atom is -0.507 e. The van der Waals surface area contributed by atoms with Crippen molar-refractivity contribution in [3.05, 3.63) is 144 Å². The van der Waals surface area contributed by atoms with E-state index in [9.17, 15) is 39.9 Å². The summed E-state index contributed by atoms with van der Waals surface area (Å²) in [5, 5.41) is 54.2. The van der Waals surface area contributed by atoms with Gasteiger partial charge in [0.05, 0.1) is 19.8 Å². The Balaban J connectivity index is 0.000000399. The first-order valence-corrected chi connectivity index (χ1v) is 37.1. The van der Waals surface area contributed by atoms with E-state index in [1.54, 1.807) is 0 Å². The van der Waals surface area contributed by atoms with E-state index in [0.29, 0.717) is 73.9 Å². The van der Waals surface area contributed by atoms with Crippen LogP contribution in [0.15, 0.2) is 60.7 Å². The van der Waals surface area contributed by atoms with Crippen molar-refractivity contribution in [3.8, 4) is 28.7 Å². The summed E-state index contributed by atoms with van der Waals surface area (Å²) in [7, 11) is 0. The van der Waals surface area contributed by atoms with Crippen LogP contribution in [0.25, 0.3) is 0 Å². The third-order valence-electron chi connectivity index (χ3n) is 18.3. The Kier molecular flexibility index (Phi) is 30.8. The van der Waals surface area contributed by atoms with Gasteiger partial charge in [-0.25, -0.2) is 0 Å². The lowest BCUT2D eigenvalue weighted by Crippen LogP contribution is -2.19. The molecular formula is C89H138O11. The SMILES string of the molecule is CC(C)(C)c1cc(Cc2cc(C(C)(C)C)c(O)c(C(C)(C)C)c2)cc(C(C)(C)C)c1O.CC(C)CCCCCOC(=O)CCc1cc(C(C)(C)C)c(O)c(C(C)(C)C)c1.Cc1cc(CCC(=O)OCCCCOC(=O)CCc2cc(C(C)(C)C)c(O)c(C(C)(C)C)c2)cc(C(C)(C)C)c1O. The quantitative estimate of drug-likeness (QED) is 0.0253. The molecule has 5 aromatic carbocycles. The monoisotopic (exact) mass is 1380 g/mol. The molecule has 0 aliphatic carbocycles. The molecular weight excluding hydrogens is 1240 g/mol. The van der Waals surface area contributed by atoms with Crippen molar-refractivity contribution in [1.82, 2.24) is 0 Å². The summed E-state index contributed by atoms with van der Waals surface area (Å²) in [4.78, 5) is 36.7. The number of benzene rings is 5. The van der Waals surface area contributed by atoms with Crippen molar-refractivity contribution in [2.45, 2.75) is 340 Å². The molecule has 5 rings (SSSR count). The molecule has 0 spiro atoms. The molecule has 0 radical (unpaired) electrons. The van der Waals surface area contributed by atoms with E-state index in [1.165, 1.54) is 24.0 Å². The predicted molar refractivity (Wildman–Crippen MR) is 417 cm³/mol. The molecule has 0 aromatic heterocycles. The van der Waals surface area contributed by atoms with E-state index in [2.05, 4.69) is 225 Å². The average Bonchev–Trinajstić information content (AvgIpc) is 0.791. The number of hydrogen-bond acceptors (Lipinski definition) is 11. The maximum Gasteiger partial charge on any atom is 0.306 e. The van der Waals surface area contributed by atoms with Crippen LogP contribution in [-0.4, -0.2) is 63.3 Å². The van der Waals surface area contributed by atoms with E-state index in [0.717, 1.165) is 97.5 Å². The highest BCUT2D eigenvalue weighted by Gasteiger charge is 2.32. The summed E-state index contributed by atoms with van der Waals surface area (Å²) < 4.78 is 16.2. The lowest BCUT2D eigenvalue weighted by Gasteiger charge is -2.29. The molecule has 0 heterocycles. The van der Waals surface area contributed by atoms with Gasteiger partial charge in [0.1, 0.15) is 28.7 Å². The molecule has 11 heteroatoms. The van der Waals surface area contributed by atoms with Crippen LogP contribution in [0.3, 0.4) is 0 Å². The van der Waals surface area contributed by atoms with Gasteiger partial charge in [0.15, 0.2) is 0 Å². The van der Waals surface area contributed by atoms with Gasteiger partial charge >= 0.3 is 17.9 Å². The van der Waals surface area contributed by atoms with Crippen LogP contribution in [0.1, 0.15) is 342 Å². The van der Waals surface area contributed by atoms with E-state index < -0.39 is 0 Å². The van der Waals surface area contributed by atoms with Crippen molar-refractivity contribution in [2.75, 3.05) is 19.8 Å². The molecule has 11 nitrogen and oxygen atoms in total. The second-order valence-electron chi connectivity index (χ2n) is 38.0. The Morgan fingerprint density at radius 1 is 0.300 bits per heavy atom. The third kappa shape index (κ3) is 27.7. The predicted octanol–water partition coefficient (Wildman–Crippen LogP) is 22.3. The molecule has 0 aliphatic heterocycles. The molecule has 0 bridgehead atoms. The van der Waals surface area contributed by atoms with Gasteiger partial charge in [0, 0.05) is 19.3 Å². The molecule has 0 aliphatic rings. The summed E-state index contributed by atoms with van der Waals surface area (Å²) in [6, 6.07) is 20.6. The Labute approximate surface area is 607 Å². The van der Waals surface area contributed by atoms with Gasteiger partial charge in [-0.15, -0.1) is 0 Å². The van der Waals surface area contributed by atoms with Crippen LogP contribution < -0.4 is 0 Å². The summed E-state index contributed by atoms with van der Waals surface area (Å²) in [5.74, 6) is 1.95. The molecule has 0 fully saturated rings. The summed E-state index contributed by atoms with van der Waals surface area (Å²) in [5.41, 5.74) is 13.2. The van der Waals surface area contributed by atoms with Crippen LogP contribution in [0.2, 0.25) is 0 Å². The van der Waals surface area contributed by atoms with Crippen molar-refractivity contribution in [3.63, 3.8) is 0 Å². The molecule has 100 heavy (non-hydrogen) atoms. The van der Waals surface area contributed by atoms with Crippen LogP contribution in [0.5, 0.6) is 28.7 Å². The number of aromatic hydroxyl groups is 5. The second-order valence-corrected chi connectivity index (χ2v) is 38.0. The van der Waals surface area contributed by atoms with Crippen molar-refractivity contribution < 1.29 is 54.1 Å². The number of unbranched alkanes of at least 4 members (excludes halogenated alkanes) is 3. The molecule has 560 valence electrons. The standard InChI is InChI=1S/C35H52O6.C29H44O2.C25H42O3/c1-23-19-24(20-26(31(23)38)33(2,3)4)13-15-29(36)40-17-11-12-18-41-30(37)16-14-25-21-27(34(5,6)7)32(39)28(22-25)35(8,9)10;1-26(2,3)20-14-18(15-21(24(20)30)27(4,5)6)13-19-16-22(28(7,8)9)25(31)23(17-19)29(10,11)12;1-18(2)12-10-9-11-15-28-22(26)14-13-19-16-20(24(3,4)5)23(27)21(17-19)25(6,7)8/h19-22,38-39H,11-18H2,1-10H3;14-17,30-31H,13H2,1-12H3;16-18,27H,9-15H2,1-8H3. The Bertz CT molecular complexity index is 3290. The number of carbonyl (C=O) groups excluding carboxylic acids is 3.